The number of carbonyl (C=O) groups is 2. The predicted molar refractivity (Wildman–Crippen MR) is 164 cm³/mol. The first-order valence-corrected chi connectivity index (χ1v) is 15.6. The minimum Gasteiger partial charge on any atom is -0.352 e. The number of nitrogens with zero attached hydrogens (tertiary/aromatic N) is 2. The van der Waals surface area contributed by atoms with Gasteiger partial charge in [-0.05, 0) is 82.5 Å². The molecule has 3 rings (SSSR count). The molecular weight excluding hydrogens is 590 g/mol. The highest BCUT2D eigenvalue weighted by molar-refractivity contribution is 9.10. The third-order valence-corrected chi connectivity index (χ3v) is 9.19. The van der Waals surface area contributed by atoms with Gasteiger partial charge >= 0.3 is 0 Å². The molecule has 2 atom stereocenters. The topological polar surface area (TPSA) is 86.8 Å². The van der Waals surface area contributed by atoms with E-state index in [-0.39, 0.29) is 23.4 Å². The Hall–Kier alpha value is -3.17. The molecule has 7 nitrogen and oxygen atoms in total. The summed E-state index contributed by atoms with van der Waals surface area (Å²) in [5.74, 6) is -0.778. The number of anilines is 1. The summed E-state index contributed by atoms with van der Waals surface area (Å²) in [5, 5.41) is 2.95. The van der Waals surface area contributed by atoms with E-state index in [0.717, 1.165) is 37.5 Å². The maximum atomic E-state index is 14.1. The average Bonchev–Trinajstić information content (AvgIpc) is 2.90. The third-order valence-electron chi connectivity index (χ3n) is 6.92. The predicted octanol–water partition coefficient (Wildman–Crippen LogP) is 5.90. The fraction of sp³-hybridized carbons (Fsp3) is 0.355. The molecule has 0 unspecified atom stereocenters. The Bertz CT molecular complexity index is 1460. The van der Waals surface area contributed by atoms with E-state index < -0.39 is 28.5 Å². The standard InChI is InChI=1S/C31H38BrN3O4S/c1-7-24(5)33-31(37)25(6)34(19-26-9-8-10-27(32)18-26)30(36)20-35(29-16-13-22(3)17-23(29)4)40(38,39)28-14-11-21(2)12-15-28/h8-18,24-25H,7,19-20H2,1-6H3,(H,33,37)/t24-,25-/m0/s1. The molecule has 0 aliphatic heterocycles. The number of benzene rings is 3. The van der Waals surface area contributed by atoms with Crippen LogP contribution in [-0.4, -0.2) is 43.8 Å². The molecule has 0 aliphatic rings. The molecule has 214 valence electrons. The zero-order chi connectivity index (χ0) is 29.6. The summed E-state index contributed by atoms with van der Waals surface area (Å²) in [4.78, 5) is 28.8. The van der Waals surface area contributed by atoms with E-state index in [4.69, 9.17) is 0 Å². The second kappa shape index (κ2) is 13.5. The van der Waals surface area contributed by atoms with E-state index in [2.05, 4.69) is 21.2 Å². The van der Waals surface area contributed by atoms with Crippen molar-refractivity contribution in [1.29, 1.82) is 0 Å². The van der Waals surface area contributed by atoms with Crippen molar-refractivity contribution < 1.29 is 18.0 Å². The number of carbonyl (C=O) groups excluding carboxylic acids is 2. The molecule has 3 aromatic carbocycles. The molecule has 0 aliphatic carbocycles. The van der Waals surface area contributed by atoms with Gasteiger partial charge in [0, 0.05) is 17.1 Å². The van der Waals surface area contributed by atoms with Gasteiger partial charge in [-0.25, -0.2) is 8.42 Å². The molecule has 0 bridgehead atoms. The zero-order valence-electron chi connectivity index (χ0n) is 23.9. The van der Waals surface area contributed by atoms with E-state index in [0.29, 0.717) is 5.69 Å². The summed E-state index contributed by atoms with van der Waals surface area (Å²) < 4.78 is 30.0. The summed E-state index contributed by atoms with van der Waals surface area (Å²) in [6, 6.07) is 18.6. The second-order valence-electron chi connectivity index (χ2n) is 10.3. The lowest BCUT2D eigenvalue weighted by Gasteiger charge is -2.33. The van der Waals surface area contributed by atoms with Gasteiger partial charge in [0.1, 0.15) is 12.6 Å². The van der Waals surface area contributed by atoms with E-state index in [1.807, 2.05) is 71.0 Å². The van der Waals surface area contributed by atoms with Gasteiger partial charge in [-0.2, -0.15) is 0 Å². The van der Waals surface area contributed by atoms with Crippen LogP contribution in [0.2, 0.25) is 0 Å². The van der Waals surface area contributed by atoms with Crippen LogP contribution in [0, 0.1) is 20.8 Å². The van der Waals surface area contributed by atoms with E-state index in [9.17, 15) is 18.0 Å². The summed E-state index contributed by atoms with van der Waals surface area (Å²) >= 11 is 3.47. The molecule has 0 fully saturated rings. The molecule has 0 radical (unpaired) electrons. The molecule has 0 spiro atoms. The smallest absolute Gasteiger partial charge is 0.264 e. The first-order valence-electron chi connectivity index (χ1n) is 13.3. The quantitative estimate of drug-likeness (QED) is 0.287. The molecule has 0 heterocycles. The summed E-state index contributed by atoms with van der Waals surface area (Å²) in [5.41, 5.74) is 3.86. The van der Waals surface area contributed by atoms with Crippen molar-refractivity contribution in [2.75, 3.05) is 10.8 Å². The van der Waals surface area contributed by atoms with Gasteiger partial charge in [0.05, 0.1) is 10.6 Å². The van der Waals surface area contributed by atoms with Gasteiger partial charge < -0.3 is 10.2 Å². The van der Waals surface area contributed by atoms with Gasteiger partial charge in [-0.15, -0.1) is 0 Å². The number of rotatable bonds is 11. The van der Waals surface area contributed by atoms with Gasteiger partial charge in [0.2, 0.25) is 11.8 Å². The SMILES string of the molecule is CC[C@H](C)NC(=O)[C@H](C)N(Cc1cccc(Br)c1)C(=O)CN(c1ccc(C)cc1C)S(=O)(=O)c1ccc(C)cc1. The molecule has 40 heavy (non-hydrogen) atoms. The van der Waals surface area contributed by atoms with Crippen molar-refractivity contribution in [3.8, 4) is 0 Å². The second-order valence-corrected chi connectivity index (χ2v) is 13.0. The Morgan fingerprint density at radius 3 is 2.17 bits per heavy atom. The molecule has 0 saturated heterocycles. The largest absolute Gasteiger partial charge is 0.352 e. The van der Waals surface area contributed by atoms with E-state index in [1.165, 1.54) is 4.90 Å². The Labute approximate surface area is 246 Å². The zero-order valence-corrected chi connectivity index (χ0v) is 26.3. The number of sulfonamides is 1. The number of halogens is 1. The molecule has 9 heteroatoms. The van der Waals surface area contributed by atoms with Crippen LogP contribution in [0.5, 0.6) is 0 Å². The Morgan fingerprint density at radius 2 is 1.57 bits per heavy atom. The van der Waals surface area contributed by atoms with Crippen LogP contribution < -0.4 is 9.62 Å². The maximum absolute atomic E-state index is 14.1. The first-order chi connectivity index (χ1) is 18.8. The van der Waals surface area contributed by atoms with Crippen molar-refractivity contribution in [1.82, 2.24) is 10.2 Å². The van der Waals surface area contributed by atoms with Crippen LogP contribution in [0.1, 0.15) is 49.4 Å². The Morgan fingerprint density at radius 1 is 0.925 bits per heavy atom. The summed E-state index contributed by atoms with van der Waals surface area (Å²) in [6.07, 6.45) is 0.743. The lowest BCUT2D eigenvalue weighted by Crippen LogP contribution is -2.52. The highest BCUT2D eigenvalue weighted by Crippen LogP contribution is 2.28. The average molecular weight is 629 g/mol. The molecule has 0 saturated carbocycles. The van der Waals surface area contributed by atoms with Crippen LogP contribution in [-0.2, 0) is 26.2 Å². The Balaban J connectivity index is 2.06. The maximum Gasteiger partial charge on any atom is 0.264 e. The first kappa shape index (κ1) is 31.4. The third kappa shape index (κ3) is 7.73. The molecule has 0 aromatic heterocycles. The minimum atomic E-state index is -4.11. The van der Waals surface area contributed by atoms with Gasteiger partial charge in [-0.1, -0.05) is 70.4 Å². The highest BCUT2D eigenvalue weighted by atomic mass is 79.9. The number of amides is 2. The lowest BCUT2D eigenvalue weighted by atomic mass is 10.1. The Kier molecular flexibility index (Phi) is 10.6. The molecule has 2 amide bonds. The number of hydrogen-bond acceptors (Lipinski definition) is 4. The fourth-order valence-corrected chi connectivity index (χ4v) is 6.24. The van der Waals surface area contributed by atoms with Crippen LogP contribution >= 0.6 is 15.9 Å². The summed E-state index contributed by atoms with van der Waals surface area (Å²) in [6.45, 7) is 10.9. The fourth-order valence-electron chi connectivity index (χ4n) is 4.32. The van der Waals surface area contributed by atoms with Crippen LogP contribution in [0.15, 0.2) is 76.1 Å². The van der Waals surface area contributed by atoms with E-state index >= 15 is 0 Å². The van der Waals surface area contributed by atoms with Crippen LogP contribution in [0.4, 0.5) is 5.69 Å². The number of hydrogen-bond donors (Lipinski definition) is 1. The van der Waals surface area contributed by atoms with Crippen molar-refractivity contribution in [2.45, 2.75) is 71.5 Å². The monoisotopic (exact) mass is 627 g/mol. The van der Waals surface area contributed by atoms with Crippen molar-refractivity contribution in [2.24, 2.45) is 0 Å². The normalized spacial score (nSPS) is 12.9. The number of nitrogens with one attached hydrogen (secondary N) is 1. The van der Waals surface area contributed by atoms with Crippen LogP contribution in [0.3, 0.4) is 0 Å². The molecule has 1 N–H and O–H groups in total. The number of aryl methyl sites for hydroxylation is 3. The van der Waals surface area contributed by atoms with E-state index in [1.54, 1.807) is 37.3 Å². The highest BCUT2D eigenvalue weighted by Gasteiger charge is 2.33. The minimum absolute atomic E-state index is 0.0635. The van der Waals surface area contributed by atoms with Crippen molar-refractivity contribution >= 4 is 43.5 Å². The molecular formula is C31H38BrN3O4S. The van der Waals surface area contributed by atoms with Gasteiger partial charge in [-0.3, -0.25) is 13.9 Å². The summed E-state index contributed by atoms with van der Waals surface area (Å²) in [7, 11) is -4.11. The van der Waals surface area contributed by atoms with Crippen LogP contribution in [0.25, 0.3) is 0 Å². The lowest BCUT2D eigenvalue weighted by molar-refractivity contribution is -0.139. The molecule has 3 aromatic rings. The van der Waals surface area contributed by atoms with Gasteiger partial charge in [0.25, 0.3) is 10.0 Å². The van der Waals surface area contributed by atoms with Crippen molar-refractivity contribution in [3.63, 3.8) is 0 Å². The van der Waals surface area contributed by atoms with Gasteiger partial charge in [0.15, 0.2) is 0 Å². The van der Waals surface area contributed by atoms with Crippen molar-refractivity contribution in [3.05, 3.63) is 93.5 Å².